The third-order valence-corrected chi connectivity index (χ3v) is 4.26. The normalized spacial score (nSPS) is 14.1. The predicted molar refractivity (Wildman–Crippen MR) is 83.2 cm³/mol. The van der Waals surface area contributed by atoms with E-state index in [2.05, 4.69) is 61.8 Å². The maximum atomic E-state index is 3.53. The van der Waals surface area contributed by atoms with Crippen LogP contribution >= 0.6 is 11.3 Å². The van der Waals surface area contributed by atoms with Gasteiger partial charge >= 0.3 is 0 Å². The van der Waals surface area contributed by atoms with Gasteiger partial charge in [-0.1, -0.05) is 36.8 Å². The molecule has 0 saturated heterocycles. The highest BCUT2D eigenvalue weighted by atomic mass is 32.1. The molecule has 18 heavy (non-hydrogen) atoms. The minimum absolute atomic E-state index is 0.448. The van der Waals surface area contributed by atoms with Gasteiger partial charge in [-0.3, -0.25) is 0 Å². The SMILES string of the molecule is CCCNC(C)/C(C)=C/c1csc2ccccc12. The fourth-order valence-corrected chi connectivity index (χ4v) is 2.92. The van der Waals surface area contributed by atoms with Crippen LogP contribution in [0.25, 0.3) is 16.2 Å². The smallest absolute Gasteiger partial charge is 0.0348 e. The topological polar surface area (TPSA) is 12.0 Å². The summed E-state index contributed by atoms with van der Waals surface area (Å²) in [6.45, 7) is 7.72. The second-order valence-corrected chi connectivity index (χ2v) is 5.66. The number of hydrogen-bond acceptors (Lipinski definition) is 2. The molecule has 0 aliphatic rings. The molecule has 0 aliphatic carbocycles. The highest BCUT2D eigenvalue weighted by Gasteiger charge is 2.05. The summed E-state index contributed by atoms with van der Waals surface area (Å²) in [5, 5.41) is 7.14. The summed E-state index contributed by atoms with van der Waals surface area (Å²) in [5.41, 5.74) is 2.74. The van der Waals surface area contributed by atoms with E-state index in [1.807, 2.05) is 11.3 Å². The van der Waals surface area contributed by atoms with Crippen LogP contribution in [0.15, 0.2) is 35.2 Å². The summed E-state index contributed by atoms with van der Waals surface area (Å²) in [7, 11) is 0. The molecule has 96 valence electrons. The van der Waals surface area contributed by atoms with Crippen LogP contribution in [0.5, 0.6) is 0 Å². The molecule has 2 aromatic rings. The summed E-state index contributed by atoms with van der Waals surface area (Å²) < 4.78 is 1.37. The van der Waals surface area contributed by atoms with E-state index in [4.69, 9.17) is 0 Å². The summed E-state index contributed by atoms with van der Waals surface area (Å²) >= 11 is 1.82. The van der Waals surface area contributed by atoms with Crippen molar-refractivity contribution in [2.45, 2.75) is 33.2 Å². The largest absolute Gasteiger partial charge is 0.311 e. The lowest BCUT2D eigenvalue weighted by atomic mass is 10.1. The van der Waals surface area contributed by atoms with Crippen molar-refractivity contribution < 1.29 is 0 Å². The monoisotopic (exact) mass is 259 g/mol. The highest BCUT2D eigenvalue weighted by Crippen LogP contribution is 2.27. The van der Waals surface area contributed by atoms with Gasteiger partial charge in [0.05, 0.1) is 0 Å². The molecular weight excluding hydrogens is 238 g/mol. The van der Waals surface area contributed by atoms with Gasteiger partial charge in [-0.25, -0.2) is 0 Å². The lowest BCUT2D eigenvalue weighted by Gasteiger charge is -2.13. The Morgan fingerprint density at radius 2 is 2.17 bits per heavy atom. The van der Waals surface area contributed by atoms with Crippen molar-refractivity contribution >= 4 is 27.5 Å². The van der Waals surface area contributed by atoms with E-state index in [1.165, 1.54) is 27.6 Å². The van der Waals surface area contributed by atoms with Crippen molar-refractivity contribution in [3.63, 3.8) is 0 Å². The van der Waals surface area contributed by atoms with E-state index in [0.29, 0.717) is 6.04 Å². The number of benzene rings is 1. The van der Waals surface area contributed by atoms with Crippen LogP contribution in [0, 0.1) is 0 Å². The van der Waals surface area contributed by atoms with Gasteiger partial charge in [-0.2, -0.15) is 0 Å². The van der Waals surface area contributed by atoms with Crippen molar-refractivity contribution in [3.8, 4) is 0 Å². The fourth-order valence-electron chi connectivity index (χ4n) is 2.00. The van der Waals surface area contributed by atoms with Crippen LogP contribution in [0.4, 0.5) is 0 Å². The van der Waals surface area contributed by atoms with Crippen LogP contribution in [-0.4, -0.2) is 12.6 Å². The molecule has 0 spiro atoms. The second kappa shape index (κ2) is 6.17. The van der Waals surface area contributed by atoms with Crippen molar-refractivity contribution in [1.29, 1.82) is 0 Å². The van der Waals surface area contributed by atoms with E-state index < -0.39 is 0 Å². The standard InChI is InChI=1S/C16H21NS/c1-4-9-17-13(3)12(2)10-14-11-18-16-8-6-5-7-15(14)16/h5-8,10-11,13,17H,4,9H2,1-3H3/b12-10+. The van der Waals surface area contributed by atoms with E-state index in [9.17, 15) is 0 Å². The number of rotatable bonds is 5. The Morgan fingerprint density at radius 3 is 2.94 bits per heavy atom. The molecule has 0 bridgehead atoms. The highest BCUT2D eigenvalue weighted by molar-refractivity contribution is 7.17. The lowest BCUT2D eigenvalue weighted by Crippen LogP contribution is -2.27. The first kappa shape index (κ1) is 13.3. The lowest BCUT2D eigenvalue weighted by molar-refractivity contribution is 0.604. The Bertz CT molecular complexity index is 539. The van der Waals surface area contributed by atoms with Gasteiger partial charge in [-0.15, -0.1) is 11.3 Å². The van der Waals surface area contributed by atoms with Gasteiger partial charge in [-0.05, 0) is 49.2 Å². The summed E-state index contributed by atoms with van der Waals surface area (Å²) in [4.78, 5) is 0. The molecule has 1 unspecified atom stereocenters. The fraction of sp³-hybridized carbons (Fsp3) is 0.375. The molecule has 1 aromatic heterocycles. The molecule has 0 aliphatic heterocycles. The number of fused-ring (bicyclic) bond motifs is 1. The van der Waals surface area contributed by atoms with Crippen LogP contribution in [0.2, 0.25) is 0 Å². The van der Waals surface area contributed by atoms with Crippen molar-refractivity contribution in [2.24, 2.45) is 0 Å². The van der Waals surface area contributed by atoms with Crippen LogP contribution in [0.1, 0.15) is 32.8 Å². The maximum absolute atomic E-state index is 3.53. The Hall–Kier alpha value is -1.12. The third kappa shape index (κ3) is 3.01. The quantitative estimate of drug-likeness (QED) is 0.821. The molecule has 1 heterocycles. The molecule has 0 radical (unpaired) electrons. The molecule has 0 fully saturated rings. The van der Waals surface area contributed by atoms with Crippen LogP contribution in [-0.2, 0) is 0 Å². The minimum atomic E-state index is 0.448. The number of hydrogen-bond donors (Lipinski definition) is 1. The Kier molecular flexibility index (Phi) is 4.56. The summed E-state index contributed by atoms with van der Waals surface area (Å²) in [6, 6.07) is 9.05. The molecule has 0 saturated carbocycles. The maximum Gasteiger partial charge on any atom is 0.0348 e. The van der Waals surface area contributed by atoms with Gasteiger partial charge in [0, 0.05) is 10.7 Å². The average molecular weight is 259 g/mol. The zero-order chi connectivity index (χ0) is 13.0. The Labute approximate surface area is 114 Å². The Morgan fingerprint density at radius 1 is 1.39 bits per heavy atom. The third-order valence-electron chi connectivity index (χ3n) is 3.28. The van der Waals surface area contributed by atoms with Gasteiger partial charge in [0.1, 0.15) is 0 Å². The number of nitrogens with one attached hydrogen (secondary N) is 1. The Balaban J connectivity index is 2.21. The van der Waals surface area contributed by atoms with Gasteiger partial charge in [0.2, 0.25) is 0 Å². The first-order chi connectivity index (χ1) is 8.72. The van der Waals surface area contributed by atoms with E-state index in [-0.39, 0.29) is 0 Å². The van der Waals surface area contributed by atoms with Crippen molar-refractivity contribution in [3.05, 3.63) is 40.8 Å². The molecule has 2 rings (SSSR count). The summed E-state index contributed by atoms with van der Waals surface area (Å²) in [5.74, 6) is 0. The van der Waals surface area contributed by atoms with E-state index in [0.717, 1.165) is 6.54 Å². The predicted octanol–water partition coefficient (Wildman–Crippen LogP) is 4.69. The zero-order valence-electron chi connectivity index (χ0n) is 11.4. The minimum Gasteiger partial charge on any atom is -0.311 e. The van der Waals surface area contributed by atoms with E-state index >= 15 is 0 Å². The van der Waals surface area contributed by atoms with Gasteiger partial charge < -0.3 is 5.32 Å². The van der Waals surface area contributed by atoms with Crippen LogP contribution < -0.4 is 5.32 Å². The molecule has 0 amide bonds. The van der Waals surface area contributed by atoms with Crippen molar-refractivity contribution in [2.75, 3.05) is 6.54 Å². The second-order valence-electron chi connectivity index (χ2n) is 4.75. The molecule has 1 N–H and O–H groups in total. The zero-order valence-corrected chi connectivity index (χ0v) is 12.2. The van der Waals surface area contributed by atoms with Crippen molar-refractivity contribution in [1.82, 2.24) is 5.32 Å². The average Bonchev–Trinajstić information content (AvgIpc) is 2.79. The molecular formula is C16H21NS. The van der Waals surface area contributed by atoms with Gasteiger partial charge in [0.25, 0.3) is 0 Å². The molecule has 2 heteroatoms. The first-order valence-electron chi connectivity index (χ1n) is 6.60. The summed E-state index contributed by atoms with van der Waals surface area (Å²) in [6.07, 6.45) is 3.49. The van der Waals surface area contributed by atoms with Gasteiger partial charge in [0.15, 0.2) is 0 Å². The first-order valence-corrected chi connectivity index (χ1v) is 7.48. The molecule has 1 atom stereocenters. The molecule has 1 aromatic carbocycles. The number of thiophene rings is 1. The van der Waals surface area contributed by atoms with E-state index in [1.54, 1.807) is 0 Å². The van der Waals surface area contributed by atoms with Crippen LogP contribution in [0.3, 0.4) is 0 Å². The molecule has 1 nitrogen and oxygen atoms in total.